The molecule has 1 fully saturated rings. The Kier molecular flexibility index (Phi) is 3.17. The summed E-state index contributed by atoms with van der Waals surface area (Å²) in [5.41, 5.74) is 3.19. The van der Waals surface area contributed by atoms with Gasteiger partial charge in [0.05, 0.1) is 12.1 Å². The average Bonchev–Trinajstić information content (AvgIpc) is 2.81. The van der Waals surface area contributed by atoms with Crippen molar-refractivity contribution >= 4 is 21.8 Å². The van der Waals surface area contributed by atoms with Crippen molar-refractivity contribution in [2.75, 3.05) is 13.1 Å². The van der Waals surface area contributed by atoms with Crippen molar-refractivity contribution in [3.05, 3.63) is 47.8 Å². The van der Waals surface area contributed by atoms with Gasteiger partial charge in [-0.3, -0.25) is 0 Å². The lowest BCUT2D eigenvalue weighted by atomic mass is 10.0. The molecule has 4 rings (SSSR count). The van der Waals surface area contributed by atoms with Crippen LogP contribution < -0.4 is 5.32 Å². The number of fused-ring (bicyclic) bond motifs is 3. The van der Waals surface area contributed by atoms with Crippen molar-refractivity contribution in [2.45, 2.75) is 25.5 Å². The van der Waals surface area contributed by atoms with Gasteiger partial charge in [-0.15, -0.1) is 0 Å². The van der Waals surface area contributed by atoms with E-state index in [0.717, 1.165) is 46.9 Å². The molecule has 1 aliphatic rings. The molecule has 2 N–H and O–H groups in total. The van der Waals surface area contributed by atoms with Gasteiger partial charge in [0, 0.05) is 28.4 Å². The predicted molar refractivity (Wildman–Crippen MR) is 86.7 cm³/mol. The lowest BCUT2D eigenvalue weighted by Crippen LogP contribution is -2.41. The zero-order chi connectivity index (χ0) is 15.3. The second-order valence-electron chi connectivity index (χ2n) is 6.18. The first kappa shape index (κ1) is 13.7. The monoisotopic (exact) mass is 298 g/mol. The van der Waals surface area contributed by atoms with Crippen LogP contribution in [-0.4, -0.2) is 28.9 Å². The highest BCUT2D eigenvalue weighted by Gasteiger charge is 2.27. The highest BCUT2D eigenvalue weighted by Crippen LogP contribution is 2.34. The SMILES string of the molecule is Cc1ccc2c(c1)c1cc(F)ccc1n2[C@H]1CNCC[C@@H]1O. The van der Waals surface area contributed by atoms with Gasteiger partial charge < -0.3 is 15.0 Å². The fourth-order valence-corrected chi connectivity index (χ4v) is 3.59. The van der Waals surface area contributed by atoms with Crippen molar-refractivity contribution < 1.29 is 9.50 Å². The van der Waals surface area contributed by atoms with E-state index in [0.29, 0.717) is 0 Å². The highest BCUT2D eigenvalue weighted by atomic mass is 19.1. The second-order valence-corrected chi connectivity index (χ2v) is 6.18. The summed E-state index contributed by atoms with van der Waals surface area (Å²) in [7, 11) is 0. The molecule has 0 unspecified atom stereocenters. The van der Waals surface area contributed by atoms with E-state index in [4.69, 9.17) is 0 Å². The number of aliphatic hydroxyl groups excluding tert-OH is 1. The third-order valence-corrected chi connectivity index (χ3v) is 4.67. The van der Waals surface area contributed by atoms with E-state index in [1.165, 1.54) is 6.07 Å². The number of nitrogens with zero attached hydrogens (tertiary/aromatic N) is 1. The van der Waals surface area contributed by atoms with E-state index in [1.807, 2.05) is 13.0 Å². The number of hydrogen-bond donors (Lipinski definition) is 2. The summed E-state index contributed by atoms with van der Waals surface area (Å²) < 4.78 is 15.9. The number of benzene rings is 2. The van der Waals surface area contributed by atoms with E-state index in [-0.39, 0.29) is 18.0 Å². The topological polar surface area (TPSA) is 37.2 Å². The van der Waals surface area contributed by atoms with Gasteiger partial charge in [0.25, 0.3) is 0 Å². The normalized spacial score (nSPS) is 22.5. The summed E-state index contributed by atoms with van der Waals surface area (Å²) in [5.74, 6) is -0.227. The first-order valence-corrected chi connectivity index (χ1v) is 7.74. The highest BCUT2D eigenvalue weighted by molar-refractivity contribution is 6.08. The second kappa shape index (κ2) is 5.07. The van der Waals surface area contributed by atoms with Crippen molar-refractivity contribution in [1.82, 2.24) is 9.88 Å². The van der Waals surface area contributed by atoms with Crippen molar-refractivity contribution in [2.24, 2.45) is 0 Å². The van der Waals surface area contributed by atoms with Crippen LogP contribution in [0.2, 0.25) is 0 Å². The summed E-state index contributed by atoms with van der Waals surface area (Å²) in [6.07, 6.45) is 0.352. The van der Waals surface area contributed by atoms with Crippen LogP contribution in [0, 0.1) is 12.7 Å². The van der Waals surface area contributed by atoms with E-state index in [2.05, 4.69) is 28.1 Å². The molecule has 114 valence electrons. The Hall–Kier alpha value is -1.91. The third kappa shape index (κ3) is 2.02. The molecular weight excluding hydrogens is 279 g/mol. The summed E-state index contributed by atoms with van der Waals surface area (Å²) in [4.78, 5) is 0. The van der Waals surface area contributed by atoms with Crippen LogP contribution in [0.3, 0.4) is 0 Å². The largest absolute Gasteiger partial charge is 0.391 e. The number of aliphatic hydroxyl groups is 1. The van der Waals surface area contributed by atoms with Gasteiger partial charge in [0.15, 0.2) is 0 Å². The van der Waals surface area contributed by atoms with Crippen LogP contribution in [0.1, 0.15) is 18.0 Å². The maximum atomic E-state index is 13.7. The van der Waals surface area contributed by atoms with Gasteiger partial charge in [-0.25, -0.2) is 4.39 Å². The molecule has 4 heteroatoms. The number of rotatable bonds is 1. The molecule has 0 saturated carbocycles. The molecule has 0 spiro atoms. The maximum absolute atomic E-state index is 13.7. The predicted octanol–water partition coefficient (Wildman–Crippen LogP) is 3.14. The Bertz CT molecular complexity index is 796. The first-order valence-electron chi connectivity index (χ1n) is 7.74. The van der Waals surface area contributed by atoms with Crippen molar-refractivity contribution in [1.29, 1.82) is 0 Å². The van der Waals surface area contributed by atoms with Gasteiger partial charge in [-0.1, -0.05) is 11.6 Å². The van der Waals surface area contributed by atoms with Gasteiger partial charge in [0.1, 0.15) is 5.82 Å². The molecular formula is C18H19FN2O. The molecule has 1 aromatic heterocycles. The minimum Gasteiger partial charge on any atom is -0.391 e. The number of halogens is 1. The van der Waals surface area contributed by atoms with Gasteiger partial charge in [-0.2, -0.15) is 0 Å². The van der Waals surface area contributed by atoms with Crippen LogP contribution >= 0.6 is 0 Å². The summed E-state index contributed by atoms with van der Waals surface area (Å²) in [6, 6.07) is 11.1. The molecule has 3 nitrogen and oxygen atoms in total. The Labute approximate surface area is 128 Å². The van der Waals surface area contributed by atoms with E-state index in [1.54, 1.807) is 6.07 Å². The van der Waals surface area contributed by atoms with Crippen LogP contribution in [0.5, 0.6) is 0 Å². The molecule has 2 aromatic carbocycles. The minimum absolute atomic E-state index is 0.0260. The fraction of sp³-hybridized carbons (Fsp3) is 0.333. The van der Waals surface area contributed by atoms with Crippen LogP contribution in [-0.2, 0) is 0 Å². The molecule has 0 radical (unpaired) electrons. The molecule has 2 heterocycles. The van der Waals surface area contributed by atoms with E-state index < -0.39 is 0 Å². The van der Waals surface area contributed by atoms with E-state index >= 15 is 0 Å². The van der Waals surface area contributed by atoms with Crippen LogP contribution in [0.4, 0.5) is 4.39 Å². The van der Waals surface area contributed by atoms with Gasteiger partial charge in [-0.05, 0) is 50.2 Å². The zero-order valence-electron chi connectivity index (χ0n) is 12.5. The molecule has 3 aromatic rings. The van der Waals surface area contributed by atoms with E-state index in [9.17, 15) is 9.50 Å². The lowest BCUT2D eigenvalue weighted by molar-refractivity contribution is 0.0881. The number of piperidine rings is 1. The smallest absolute Gasteiger partial charge is 0.123 e. The van der Waals surface area contributed by atoms with Crippen LogP contribution in [0.25, 0.3) is 21.8 Å². The standard InChI is InChI=1S/C18H19FN2O/c1-11-2-4-15-13(8-11)14-9-12(19)3-5-16(14)21(15)17-10-20-7-6-18(17)22/h2-5,8-9,17-18,20,22H,6-7,10H2,1H3/t17-,18-/m0/s1. The molecule has 22 heavy (non-hydrogen) atoms. The molecule has 0 amide bonds. The Balaban J connectivity index is 2.06. The molecule has 1 saturated heterocycles. The Morgan fingerprint density at radius 1 is 1.14 bits per heavy atom. The number of nitrogens with one attached hydrogen (secondary N) is 1. The molecule has 0 bridgehead atoms. The van der Waals surface area contributed by atoms with Gasteiger partial charge in [0.2, 0.25) is 0 Å². The number of aryl methyl sites for hydroxylation is 1. The van der Waals surface area contributed by atoms with Gasteiger partial charge >= 0.3 is 0 Å². The van der Waals surface area contributed by atoms with Crippen LogP contribution in [0.15, 0.2) is 36.4 Å². The van der Waals surface area contributed by atoms with Crippen molar-refractivity contribution in [3.63, 3.8) is 0 Å². The maximum Gasteiger partial charge on any atom is 0.123 e. The summed E-state index contributed by atoms with van der Waals surface area (Å²) in [5, 5.41) is 15.7. The summed E-state index contributed by atoms with van der Waals surface area (Å²) >= 11 is 0. The molecule has 2 atom stereocenters. The molecule has 0 aliphatic carbocycles. The molecule has 1 aliphatic heterocycles. The number of hydrogen-bond acceptors (Lipinski definition) is 2. The first-order chi connectivity index (χ1) is 10.6. The summed E-state index contributed by atoms with van der Waals surface area (Å²) in [6.45, 7) is 3.60. The zero-order valence-corrected chi connectivity index (χ0v) is 12.5. The Morgan fingerprint density at radius 2 is 1.86 bits per heavy atom. The average molecular weight is 298 g/mol. The quantitative estimate of drug-likeness (QED) is 0.724. The third-order valence-electron chi connectivity index (χ3n) is 4.67. The Morgan fingerprint density at radius 3 is 2.64 bits per heavy atom. The van der Waals surface area contributed by atoms with Crippen molar-refractivity contribution in [3.8, 4) is 0 Å². The number of aromatic nitrogens is 1. The lowest BCUT2D eigenvalue weighted by Gasteiger charge is -2.31. The minimum atomic E-state index is -0.383. The fourth-order valence-electron chi connectivity index (χ4n) is 3.59.